The molecule has 0 aromatic heterocycles. The van der Waals surface area contributed by atoms with Crippen LogP contribution in [0.4, 0.5) is 29.3 Å². The molecule has 2 amide bonds. The van der Waals surface area contributed by atoms with Gasteiger partial charge in [-0.15, -0.1) is 0 Å². The Morgan fingerprint density at radius 2 is 1.86 bits per heavy atom. The molecule has 0 aliphatic rings. The number of non-ortho nitro benzene ring substituents is 1. The minimum absolute atomic E-state index is 0.249. The SMILES string of the molecule is CN(C(=O)Nc1cc([N+](=O)[O-])cc(C(F)(F)F)c1)S(C)(=O)=O. The molecule has 0 radical (unpaired) electrons. The number of urea groups is 1. The number of nitro benzene ring substituents is 1. The van der Waals surface area contributed by atoms with E-state index in [1.807, 2.05) is 5.32 Å². The van der Waals surface area contributed by atoms with E-state index >= 15 is 0 Å². The van der Waals surface area contributed by atoms with E-state index in [2.05, 4.69) is 0 Å². The summed E-state index contributed by atoms with van der Waals surface area (Å²) in [6.07, 6.45) is -4.16. The predicted octanol–water partition coefficient (Wildman–Crippen LogP) is 2.04. The second kappa shape index (κ2) is 5.79. The van der Waals surface area contributed by atoms with Crippen molar-refractivity contribution >= 4 is 27.4 Å². The lowest BCUT2D eigenvalue weighted by Gasteiger charge is -2.16. The van der Waals surface area contributed by atoms with Gasteiger partial charge in [-0.3, -0.25) is 10.1 Å². The fourth-order valence-corrected chi connectivity index (χ4v) is 1.65. The fourth-order valence-electron chi connectivity index (χ4n) is 1.31. The Labute approximate surface area is 122 Å². The Morgan fingerprint density at radius 3 is 2.27 bits per heavy atom. The molecule has 0 saturated heterocycles. The molecule has 0 atom stereocenters. The molecule has 1 rings (SSSR count). The van der Waals surface area contributed by atoms with E-state index in [1.165, 1.54) is 0 Å². The van der Waals surface area contributed by atoms with Gasteiger partial charge in [0.2, 0.25) is 10.0 Å². The average molecular weight is 341 g/mol. The summed E-state index contributed by atoms with van der Waals surface area (Å²) in [5, 5.41) is 12.5. The van der Waals surface area contributed by atoms with Crippen molar-refractivity contribution in [2.45, 2.75) is 6.18 Å². The summed E-state index contributed by atoms with van der Waals surface area (Å²) in [6.45, 7) is 0. The monoisotopic (exact) mass is 341 g/mol. The summed E-state index contributed by atoms with van der Waals surface area (Å²) < 4.78 is 60.5. The maximum absolute atomic E-state index is 12.7. The first-order valence-corrected chi connectivity index (χ1v) is 7.29. The van der Waals surface area contributed by atoms with Crippen LogP contribution in [0.15, 0.2) is 18.2 Å². The maximum Gasteiger partial charge on any atom is 0.416 e. The fraction of sp³-hybridized carbons (Fsp3) is 0.300. The van der Waals surface area contributed by atoms with Crippen molar-refractivity contribution in [1.82, 2.24) is 4.31 Å². The van der Waals surface area contributed by atoms with Crippen molar-refractivity contribution in [3.63, 3.8) is 0 Å². The van der Waals surface area contributed by atoms with Crippen LogP contribution < -0.4 is 5.32 Å². The highest BCUT2D eigenvalue weighted by Gasteiger charge is 2.33. The molecule has 1 aromatic carbocycles. The van der Waals surface area contributed by atoms with Gasteiger partial charge in [0.1, 0.15) is 0 Å². The number of benzene rings is 1. The Morgan fingerprint density at radius 1 is 1.32 bits per heavy atom. The number of hydrogen-bond acceptors (Lipinski definition) is 5. The first-order valence-electron chi connectivity index (χ1n) is 5.44. The van der Waals surface area contributed by atoms with Crippen LogP contribution in [0.1, 0.15) is 5.56 Å². The van der Waals surface area contributed by atoms with Crippen LogP contribution in [0, 0.1) is 10.1 Å². The van der Waals surface area contributed by atoms with Crippen molar-refractivity contribution in [3.8, 4) is 0 Å². The van der Waals surface area contributed by atoms with Crippen molar-refractivity contribution in [3.05, 3.63) is 33.9 Å². The quantitative estimate of drug-likeness (QED) is 0.668. The topological polar surface area (TPSA) is 110 Å². The number of amides is 2. The zero-order valence-electron chi connectivity index (χ0n) is 11.2. The molecule has 8 nitrogen and oxygen atoms in total. The highest BCUT2D eigenvalue weighted by atomic mass is 32.2. The molecular formula is C10H10F3N3O5S. The summed E-state index contributed by atoms with van der Waals surface area (Å²) >= 11 is 0. The molecule has 1 aromatic rings. The lowest BCUT2D eigenvalue weighted by molar-refractivity contribution is -0.385. The second-order valence-corrected chi connectivity index (χ2v) is 6.20. The summed E-state index contributed by atoms with van der Waals surface area (Å²) in [5.41, 5.74) is -2.80. The standard InChI is InChI=1S/C10H10F3N3O5S/c1-15(22(2,20)21)9(17)14-7-3-6(10(11,12)13)4-8(5-7)16(18)19/h3-5H,1-2H3,(H,14,17). The van der Waals surface area contributed by atoms with Gasteiger partial charge in [-0.2, -0.15) is 13.2 Å². The first kappa shape index (κ1) is 17.7. The Bertz CT molecular complexity index is 717. The largest absolute Gasteiger partial charge is 0.416 e. The minimum Gasteiger partial charge on any atom is -0.307 e. The van der Waals surface area contributed by atoms with Gasteiger partial charge in [0.25, 0.3) is 5.69 Å². The number of carbonyl (C=O) groups is 1. The average Bonchev–Trinajstić information content (AvgIpc) is 2.35. The van der Waals surface area contributed by atoms with E-state index < -0.39 is 44.1 Å². The molecule has 0 bridgehead atoms. The molecule has 22 heavy (non-hydrogen) atoms. The molecule has 0 unspecified atom stereocenters. The number of rotatable bonds is 3. The molecule has 0 saturated carbocycles. The van der Waals surface area contributed by atoms with Crippen LogP contribution in [0.2, 0.25) is 0 Å². The summed E-state index contributed by atoms with van der Waals surface area (Å²) in [7, 11) is -3.04. The Hall–Kier alpha value is -2.37. The van der Waals surface area contributed by atoms with Gasteiger partial charge >= 0.3 is 12.2 Å². The van der Waals surface area contributed by atoms with Crippen LogP contribution >= 0.6 is 0 Å². The maximum atomic E-state index is 12.7. The van der Waals surface area contributed by atoms with E-state index in [0.717, 1.165) is 7.05 Å². The number of nitro groups is 1. The van der Waals surface area contributed by atoms with E-state index in [4.69, 9.17) is 0 Å². The van der Waals surface area contributed by atoms with E-state index in [1.54, 1.807) is 0 Å². The first-order chi connectivity index (χ1) is 9.82. The zero-order chi connectivity index (χ0) is 17.3. The minimum atomic E-state index is -4.87. The number of sulfonamides is 1. The van der Waals surface area contributed by atoms with Crippen LogP contribution in [-0.2, 0) is 16.2 Å². The smallest absolute Gasteiger partial charge is 0.307 e. The predicted molar refractivity (Wildman–Crippen MR) is 69.7 cm³/mol. The third kappa shape index (κ3) is 4.31. The van der Waals surface area contributed by atoms with Crippen LogP contribution in [-0.4, -0.2) is 37.0 Å². The number of hydrogen-bond donors (Lipinski definition) is 1. The van der Waals surface area contributed by atoms with Gasteiger partial charge in [0.05, 0.1) is 16.7 Å². The number of alkyl halides is 3. The summed E-state index contributed by atoms with van der Waals surface area (Å²) in [4.78, 5) is 21.2. The summed E-state index contributed by atoms with van der Waals surface area (Å²) in [6, 6.07) is 0.191. The molecule has 0 spiro atoms. The number of nitrogens with zero attached hydrogens (tertiary/aromatic N) is 2. The molecule has 1 N–H and O–H groups in total. The lowest BCUT2D eigenvalue weighted by Crippen LogP contribution is -2.35. The normalized spacial score (nSPS) is 11.9. The number of halogens is 3. The number of nitrogens with one attached hydrogen (secondary N) is 1. The third-order valence-electron chi connectivity index (χ3n) is 2.49. The van der Waals surface area contributed by atoms with Crippen molar-refractivity contribution in [2.75, 3.05) is 18.6 Å². The molecule has 12 heteroatoms. The van der Waals surface area contributed by atoms with Crippen LogP contribution in [0.5, 0.6) is 0 Å². The molecule has 0 aliphatic carbocycles. The molecule has 0 fully saturated rings. The van der Waals surface area contributed by atoms with Crippen molar-refractivity contribution < 1.29 is 31.3 Å². The highest BCUT2D eigenvalue weighted by molar-refractivity contribution is 7.88. The third-order valence-corrected chi connectivity index (χ3v) is 3.65. The van der Waals surface area contributed by atoms with Crippen LogP contribution in [0.3, 0.4) is 0 Å². The van der Waals surface area contributed by atoms with E-state index in [0.29, 0.717) is 24.5 Å². The van der Waals surface area contributed by atoms with E-state index in [-0.39, 0.29) is 4.31 Å². The molecule has 0 aliphatic heterocycles. The Balaban J connectivity index is 3.22. The summed E-state index contributed by atoms with van der Waals surface area (Å²) in [5.74, 6) is 0. The van der Waals surface area contributed by atoms with Gasteiger partial charge in [0, 0.05) is 24.9 Å². The van der Waals surface area contributed by atoms with Gasteiger partial charge in [0.15, 0.2) is 0 Å². The molecule has 122 valence electrons. The van der Waals surface area contributed by atoms with Crippen molar-refractivity contribution in [2.24, 2.45) is 0 Å². The Kier molecular flexibility index (Phi) is 4.65. The second-order valence-electron chi connectivity index (χ2n) is 4.18. The molecule has 0 heterocycles. The molecular weight excluding hydrogens is 331 g/mol. The van der Waals surface area contributed by atoms with Gasteiger partial charge in [-0.25, -0.2) is 17.5 Å². The zero-order valence-corrected chi connectivity index (χ0v) is 12.0. The number of anilines is 1. The van der Waals surface area contributed by atoms with E-state index in [9.17, 15) is 36.5 Å². The van der Waals surface area contributed by atoms with Crippen molar-refractivity contribution in [1.29, 1.82) is 0 Å². The van der Waals surface area contributed by atoms with Gasteiger partial charge < -0.3 is 5.32 Å². The van der Waals surface area contributed by atoms with Gasteiger partial charge in [-0.05, 0) is 6.07 Å². The lowest BCUT2D eigenvalue weighted by atomic mass is 10.1. The highest BCUT2D eigenvalue weighted by Crippen LogP contribution is 2.34. The van der Waals surface area contributed by atoms with Gasteiger partial charge in [-0.1, -0.05) is 0 Å². The number of carbonyl (C=O) groups excluding carboxylic acids is 1. The van der Waals surface area contributed by atoms with Crippen LogP contribution in [0.25, 0.3) is 0 Å².